The van der Waals surface area contributed by atoms with Gasteiger partial charge in [0.05, 0.1) is 11.6 Å². The number of carbonyl (C=O) groups excluding carboxylic acids is 2. The molecule has 3 aromatic rings. The third kappa shape index (κ3) is 4.02. The van der Waals surface area contributed by atoms with Gasteiger partial charge in [0.25, 0.3) is 5.91 Å². The van der Waals surface area contributed by atoms with Crippen LogP contribution in [0.4, 0.5) is 10.1 Å². The van der Waals surface area contributed by atoms with Gasteiger partial charge in [-0.25, -0.2) is 4.39 Å². The first-order chi connectivity index (χ1) is 16.0. The molecule has 1 amide bonds. The van der Waals surface area contributed by atoms with Crippen molar-refractivity contribution < 1.29 is 14.0 Å². The fourth-order valence-corrected chi connectivity index (χ4v) is 5.64. The summed E-state index contributed by atoms with van der Waals surface area (Å²) >= 11 is 1.51. The lowest BCUT2D eigenvalue weighted by atomic mass is 9.73. The molecule has 5 rings (SSSR count). The molecule has 1 aliphatic heterocycles. The average molecular weight is 459 g/mol. The van der Waals surface area contributed by atoms with Crippen LogP contribution in [0, 0.1) is 5.82 Å². The van der Waals surface area contributed by atoms with Crippen molar-refractivity contribution in [3.8, 4) is 0 Å². The Bertz CT molecular complexity index is 1280. The number of benzene rings is 2. The summed E-state index contributed by atoms with van der Waals surface area (Å²) in [7, 11) is 0. The van der Waals surface area contributed by atoms with Gasteiger partial charge >= 0.3 is 0 Å². The Kier molecular flexibility index (Phi) is 5.68. The third-order valence-electron chi connectivity index (χ3n) is 6.29. The molecule has 2 N–H and O–H groups in total. The second-order valence-electron chi connectivity index (χ2n) is 8.38. The molecule has 33 heavy (non-hydrogen) atoms. The monoisotopic (exact) mass is 458 g/mol. The lowest BCUT2D eigenvalue weighted by Gasteiger charge is -2.36. The van der Waals surface area contributed by atoms with Gasteiger partial charge in [-0.2, -0.15) is 0 Å². The number of allylic oxidation sites excluding steroid dienone is 3. The van der Waals surface area contributed by atoms with Gasteiger partial charge in [0.1, 0.15) is 5.82 Å². The Hall–Kier alpha value is -3.51. The Morgan fingerprint density at radius 1 is 1.03 bits per heavy atom. The molecular weight excluding hydrogens is 435 g/mol. The Labute approximate surface area is 195 Å². The van der Waals surface area contributed by atoms with E-state index in [1.165, 1.54) is 23.5 Å². The number of thiophene rings is 1. The van der Waals surface area contributed by atoms with Crippen LogP contribution in [0.2, 0.25) is 0 Å². The van der Waals surface area contributed by atoms with Crippen LogP contribution >= 0.6 is 11.3 Å². The van der Waals surface area contributed by atoms with Crippen LogP contribution in [-0.4, -0.2) is 11.7 Å². The van der Waals surface area contributed by atoms with E-state index in [1.54, 1.807) is 12.1 Å². The minimum absolute atomic E-state index is 0.0414. The molecule has 2 aromatic carbocycles. The maximum Gasteiger partial charge on any atom is 0.254 e. The summed E-state index contributed by atoms with van der Waals surface area (Å²) in [5.74, 6) is -1.25. The molecule has 1 aliphatic carbocycles. The van der Waals surface area contributed by atoms with Gasteiger partial charge in [-0.3, -0.25) is 9.59 Å². The summed E-state index contributed by atoms with van der Waals surface area (Å²) in [6.45, 7) is 1.84. The van der Waals surface area contributed by atoms with Crippen LogP contribution < -0.4 is 10.6 Å². The minimum atomic E-state index is -0.500. The number of hydrogen-bond donors (Lipinski definition) is 2. The Balaban J connectivity index is 1.54. The maximum atomic E-state index is 14.2. The van der Waals surface area contributed by atoms with E-state index in [0.29, 0.717) is 29.7 Å². The number of halogens is 1. The highest BCUT2D eigenvalue weighted by Crippen LogP contribution is 2.46. The number of anilines is 1. The van der Waals surface area contributed by atoms with E-state index < -0.39 is 17.6 Å². The van der Waals surface area contributed by atoms with E-state index in [-0.39, 0.29) is 17.4 Å². The smallest absolute Gasteiger partial charge is 0.254 e. The first kappa shape index (κ1) is 21.3. The zero-order valence-electron chi connectivity index (χ0n) is 18.1. The average Bonchev–Trinajstić information content (AvgIpc) is 3.35. The topological polar surface area (TPSA) is 58.2 Å². The molecule has 0 saturated heterocycles. The second-order valence-corrected chi connectivity index (χ2v) is 9.36. The van der Waals surface area contributed by atoms with E-state index in [1.807, 2.05) is 42.6 Å². The molecular formula is C27H23FN2O2S. The Morgan fingerprint density at radius 2 is 1.79 bits per heavy atom. The van der Waals surface area contributed by atoms with Crippen LogP contribution in [0.5, 0.6) is 0 Å². The SMILES string of the molecule is CC1=C(C(=O)Nc2ccccc2F)[C@H](c2cccs2)C2=C(C[C@@H](c3ccccc3)CC2=O)N1. The second kappa shape index (κ2) is 8.79. The normalized spacial score (nSPS) is 20.4. The summed E-state index contributed by atoms with van der Waals surface area (Å²) in [5.41, 5.74) is 3.91. The Morgan fingerprint density at radius 3 is 2.52 bits per heavy atom. The van der Waals surface area contributed by atoms with Crippen molar-refractivity contribution in [2.45, 2.75) is 31.6 Å². The van der Waals surface area contributed by atoms with Crippen LogP contribution in [-0.2, 0) is 9.59 Å². The van der Waals surface area contributed by atoms with E-state index >= 15 is 0 Å². The van der Waals surface area contributed by atoms with Gasteiger partial charge in [-0.15, -0.1) is 11.3 Å². The number of hydrogen-bond acceptors (Lipinski definition) is 4. The van der Waals surface area contributed by atoms with Crippen molar-refractivity contribution in [1.29, 1.82) is 0 Å². The number of rotatable bonds is 4. The molecule has 0 radical (unpaired) electrons. The summed E-state index contributed by atoms with van der Waals surface area (Å²) in [4.78, 5) is 27.8. The van der Waals surface area contributed by atoms with Gasteiger partial charge in [0.15, 0.2) is 5.78 Å². The van der Waals surface area contributed by atoms with Crippen molar-refractivity contribution in [1.82, 2.24) is 5.32 Å². The summed E-state index contributed by atoms with van der Waals surface area (Å²) in [6, 6.07) is 20.0. The fourth-order valence-electron chi connectivity index (χ4n) is 4.79. The highest BCUT2D eigenvalue weighted by molar-refractivity contribution is 7.10. The maximum absolute atomic E-state index is 14.2. The first-order valence-corrected chi connectivity index (χ1v) is 11.8. The van der Waals surface area contributed by atoms with Crippen molar-refractivity contribution in [2.24, 2.45) is 0 Å². The zero-order chi connectivity index (χ0) is 22.9. The van der Waals surface area contributed by atoms with E-state index in [2.05, 4.69) is 22.8 Å². The molecule has 2 aliphatic rings. The van der Waals surface area contributed by atoms with Crippen molar-refractivity contribution in [3.63, 3.8) is 0 Å². The molecule has 2 heterocycles. The number of dihydropyridines is 1. The number of amides is 1. The van der Waals surface area contributed by atoms with Gasteiger partial charge in [0.2, 0.25) is 0 Å². The molecule has 0 unspecified atom stereocenters. The van der Waals surface area contributed by atoms with Crippen molar-refractivity contribution in [3.05, 3.63) is 111 Å². The van der Waals surface area contributed by atoms with Crippen LogP contribution in [0.15, 0.2) is 94.7 Å². The lowest BCUT2D eigenvalue weighted by molar-refractivity contribution is -0.116. The van der Waals surface area contributed by atoms with Crippen LogP contribution in [0.3, 0.4) is 0 Å². The molecule has 0 saturated carbocycles. The minimum Gasteiger partial charge on any atom is -0.362 e. The molecule has 0 bridgehead atoms. The summed E-state index contributed by atoms with van der Waals surface area (Å²) in [5, 5.41) is 8.01. The van der Waals surface area contributed by atoms with Crippen molar-refractivity contribution >= 4 is 28.7 Å². The molecule has 4 nitrogen and oxygen atoms in total. The lowest BCUT2D eigenvalue weighted by Crippen LogP contribution is -2.36. The molecule has 0 fully saturated rings. The quantitative estimate of drug-likeness (QED) is 0.513. The highest BCUT2D eigenvalue weighted by atomic mass is 32.1. The van der Waals surface area contributed by atoms with Gasteiger partial charge in [0, 0.05) is 33.8 Å². The number of nitrogens with one attached hydrogen (secondary N) is 2. The zero-order valence-corrected chi connectivity index (χ0v) is 18.9. The molecule has 0 spiro atoms. The summed E-state index contributed by atoms with van der Waals surface area (Å²) in [6.07, 6.45) is 1.10. The van der Waals surface area contributed by atoms with Gasteiger partial charge < -0.3 is 10.6 Å². The number of ketones is 1. The number of carbonyl (C=O) groups is 2. The molecule has 166 valence electrons. The number of para-hydroxylation sites is 1. The summed E-state index contributed by atoms with van der Waals surface area (Å²) < 4.78 is 14.2. The van der Waals surface area contributed by atoms with E-state index in [9.17, 15) is 14.0 Å². The molecule has 1 aromatic heterocycles. The van der Waals surface area contributed by atoms with Gasteiger partial charge in [-0.05, 0) is 48.4 Å². The third-order valence-corrected chi connectivity index (χ3v) is 7.23. The standard InChI is InChI=1S/C27H23FN2O2S/c1-16-24(27(32)30-20-11-6-5-10-19(20)28)26(23-12-7-13-33-23)25-21(29-16)14-18(15-22(25)31)17-8-3-2-4-9-17/h2-13,18,26,29H,14-15H2,1H3,(H,30,32)/t18-,26+/m1/s1. The largest absolute Gasteiger partial charge is 0.362 e. The molecule has 2 atom stereocenters. The first-order valence-electron chi connectivity index (χ1n) is 10.9. The highest BCUT2D eigenvalue weighted by Gasteiger charge is 2.41. The van der Waals surface area contributed by atoms with Gasteiger partial charge in [-0.1, -0.05) is 48.5 Å². The number of Topliss-reactive ketones (excluding diaryl/α,β-unsaturated/α-hetero) is 1. The molecule has 6 heteroatoms. The predicted molar refractivity (Wildman–Crippen MR) is 128 cm³/mol. The van der Waals surface area contributed by atoms with E-state index in [4.69, 9.17) is 0 Å². The van der Waals surface area contributed by atoms with Crippen LogP contribution in [0.1, 0.15) is 42.0 Å². The predicted octanol–water partition coefficient (Wildman–Crippen LogP) is 5.89. The van der Waals surface area contributed by atoms with Crippen LogP contribution in [0.25, 0.3) is 0 Å². The van der Waals surface area contributed by atoms with Crippen molar-refractivity contribution in [2.75, 3.05) is 5.32 Å². The van der Waals surface area contributed by atoms with E-state index in [0.717, 1.165) is 16.1 Å². The fraction of sp³-hybridized carbons (Fsp3) is 0.185.